The van der Waals surface area contributed by atoms with Gasteiger partial charge in [0.1, 0.15) is 18.0 Å². The number of hydrogen-bond donors (Lipinski definition) is 2. The van der Waals surface area contributed by atoms with Crippen LogP contribution in [0.15, 0.2) is 24.3 Å². The monoisotopic (exact) mass is 227 g/mol. The molecule has 4 nitrogen and oxygen atoms in total. The molecule has 0 aliphatic rings. The SMILES string of the molecule is COc1ccc(C(F)CC(N)C(=O)O)cc1. The molecular weight excluding hydrogens is 213 g/mol. The minimum absolute atomic E-state index is 0.234. The highest BCUT2D eigenvalue weighted by Crippen LogP contribution is 2.24. The molecule has 0 bridgehead atoms. The standard InChI is InChI=1S/C11H14FNO3/c1-16-8-4-2-7(3-5-8)9(12)6-10(13)11(14)15/h2-5,9-10H,6,13H2,1H3,(H,14,15). The van der Waals surface area contributed by atoms with E-state index in [2.05, 4.69) is 0 Å². The Hall–Kier alpha value is -1.62. The van der Waals surface area contributed by atoms with Gasteiger partial charge in [0, 0.05) is 6.42 Å². The summed E-state index contributed by atoms with van der Waals surface area (Å²) in [5.74, 6) is -0.574. The molecule has 0 amide bonds. The van der Waals surface area contributed by atoms with E-state index in [1.54, 1.807) is 24.3 Å². The van der Waals surface area contributed by atoms with Gasteiger partial charge in [0.15, 0.2) is 0 Å². The van der Waals surface area contributed by atoms with Crippen molar-refractivity contribution < 1.29 is 19.0 Å². The van der Waals surface area contributed by atoms with Crippen molar-refractivity contribution in [1.29, 1.82) is 0 Å². The number of alkyl halides is 1. The zero-order valence-electron chi connectivity index (χ0n) is 8.89. The molecule has 1 rings (SSSR count). The van der Waals surface area contributed by atoms with Crippen molar-refractivity contribution in [3.63, 3.8) is 0 Å². The van der Waals surface area contributed by atoms with E-state index in [0.717, 1.165) is 0 Å². The maximum Gasteiger partial charge on any atom is 0.320 e. The van der Waals surface area contributed by atoms with Crippen LogP contribution >= 0.6 is 0 Å². The number of methoxy groups -OCH3 is 1. The van der Waals surface area contributed by atoms with Crippen LogP contribution in [-0.4, -0.2) is 24.2 Å². The molecule has 0 aliphatic carbocycles. The lowest BCUT2D eigenvalue weighted by molar-refractivity contribution is -0.139. The Morgan fingerprint density at radius 2 is 2.06 bits per heavy atom. The summed E-state index contributed by atoms with van der Waals surface area (Å²) in [4.78, 5) is 10.5. The average molecular weight is 227 g/mol. The molecule has 16 heavy (non-hydrogen) atoms. The summed E-state index contributed by atoms with van der Waals surface area (Å²) >= 11 is 0. The third-order valence-electron chi connectivity index (χ3n) is 2.26. The Balaban J connectivity index is 2.65. The summed E-state index contributed by atoms with van der Waals surface area (Å²) in [5.41, 5.74) is 5.65. The van der Waals surface area contributed by atoms with Crippen molar-refractivity contribution in [2.45, 2.75) is 18.6 Å². The Bertz CT molecular complexity index is 353. The van der Waals surface area contributed by atoms with Gasteiger partial charge in [-0.25, -0.2) is 4.39 Å². The topological polar surface area (TPSA) is 72.5 Å². The van der Waals surface area contributed by atoms with E-state index in [4.69, 9.17) is 15.6 Å². The van der Waals surface area contributed by atoms with Crippen molar-refractivity contribution in [3.05, 3.63) is 29.8 Å². The first-order valence-corrected chi connectivity index (χ1v) is 4.81. The lowest BCUT2D eigenvalue weighted by Gasteiger charge is -2.11. The van der Waals surface area contributed by atoms with Crippen LogP contribution in [0.2, 0.25) is 0 Å². The summed E-state index contributed by atoms with van der Waals surface area (Å²) in [6, 6.07) is 5.16. The van der Waals surface area contributed by atoms with Crippen LogP contribution in [0.4, 0.5) is 4.39 Å². The van der Waals surface area contributed by atoms with E-state index in [-0.39, 0.29) is 6.42 Å². The highest BCUT2D eigenvalue weighted by Gasteiger charge is 2.19. The van der Waals surface area contributed by atoms with E-state index in [0.29, 0.717) is 11.3 Å². The third kappa shape index (κ3) is 3.20. The molecular formula is C11H14FNO3. The molecule has 0 saturated carbocycles. The predicted octanol–water partition coefficient (Wildman–Crippen LogP) is 1.51. The summed E-state index contributed by atoms with van der Waals surface area (Å²) < 4.78 is 18.5. The molecule has 1 aromatic carbocycles. The molecule has 2 atom stereocenters. The molecule has 0 fully saturated rings. The fraction of sp³-hybridized carbons (Fsp3) is 0.364. The molecule has 0 aliphatic heterocycles. The van der Waals surface area contributed by atoms with Gasteiger partial charge < -0.3 is 15.6 Å². The zero-order valence-corrected chi connectivity index (χ0v) is 8.89. The second-order valence-corrected chi connectivity index (χ2v) is 3.42. The quantitative estimate of drug-likeness (QED) is 0.799. The van der Waals surface area contributed by atoms with Gasteiger partial charge in [-0.05, 0) is 17.7 Å². The molecule has 3 N–H and O–H groups in total. The number of carbonyl (C=O) groups is 1. The molecule has 0 aromatic heterocycles. The van der Waals surface area contributed by atoms with Gasteiger partial charge in [-0.15, -0.1) is 0 Å². The van der Waals surface area contributed by atoms with Crippen LogP contribution in [0, 0.1) is 0 Å². The molecule has 0 spiro atoms. The largest absolute Gasteiger partial charge is 0.497 e. The van der Waals surface area contributed by atoms with Crippen LogP contribution < -0.4 is 10.5 Å². The highest BCUT2D eigenvalue weighted by molar-refractivity contribution is 5.73. The van der Waals surface area contributed by atoms with Gasteiger partial charge in [0.05, 0.1) is 7.11 Å². The van der Waals surface area contributed by atoms with E-state index >= 15 is 0 Å². The molecule has 0 radical (unpaired) electrons. The number of carboxylic acids is 1. The predicted molar refractivity (Wildman–Crippen MR) is 57.1 cm³/mol. The minimum Gasteiger partial charge on any atom is -0.497 e. The van der Waals surface area contributed by atoms with Crippen LogP contribution in [0.1, 0.15) is 18.2 Å². The Morgan fingerprint density at radius 3 is 2.50 bits per heavy atom. The smallest absolute Gasteiger partial charge is 0.320 e. The first kappa shape index (κ1) is 12.4. The lowest BCUT2D eigenvalue weighted by Crippen LogP contribution is -2.31. The Kier molecular flexibility index (Phi) is 4.25. The van der Waals surface area contributed by atoms with Crippen LogP contribution in [0.5, 0.6) is 5.75 Å². The van der Waals surface area contributed by atoms with Crippen molar-refractivity contribution in [2.75, 3.05) is 7.11 Å². The van der Waals surface area contributed by atoms with Crippen molar-refractivity contribution in [2.24, 2.45) is 5.73 Å². The summed E-state index contributed by atoms with van der Waals surface area (Å²) in [6.07, 6.45) is -1.61. The fourth-order valence-electron chi connectivity index (χ4n) is 1.27. The second-order valence-electron chi connectivity index (χ2n) is 3.42. The van der Waals surface area contributed by atoms with Crippen molar-refractivity contribution in [3.8, 4) is 5.75 Å². The number of carboxylic acid groups (broad SMARTS) is 1. The Morgan fingerprint density at radius 1 is 1.50 bits per heavy atom. The molecule has 1 aromatic rings. The van der Waals surface area contributed by atoms with E-state index < -0.39 is 18.2 Å². The number of benzene rings is 1. The number of aliphatic carboxylic acids is 1. The number of hydrogen-bond acceptors (Lipinski definition) is 3. The second kappa shape index (κ2) is 5.46. The van der Waals surface area contributed by atoms with Crippen molar-refractivity contribution in [1.82, 2.24) is 0 Å². The van der Waals surface area contributed by atoms with Gasteiger partial charge in [0.2, 0.25) is 0 Å². The van der Waals surface area contributed by atoms with Gasteiger partial charge in [0.25, 0.3) is 0 Å². The normalized spacial score (nSPS) is 14.2. The zero-order chi connectivity index (χ0) is 12.1. The van der Waals surface area contributed by atoms with Crippen LogP contribution in [0.3, 0.4) is 0 Å². The highest BCUT2D eigenvalue weighted by atomic mass is 19.1. The fourth-order valence-corrected chi connectivity index (χ4v) is 1.27. The van der Waals surface area contributed by atoms with Crippen molar-refractivity contribution >= 4 is 5.97 Å². The third-order valence-corrected chi connectivity index (χ3v) is 2.26. The lowest BCUT2D eigenvalue weighted by atomic mass is 10.0. The summed E-state index contributed by atoms with van der Waals surface area (Å²) in [5, 5.41) is 8.55. The van der Waals surface area contributed by atoms with Gasteiger partial charge >= 0.3 is 5.97 Å². The number of nitrogens with two attached hydrogens (primary N) is 1. The number of ether oxygens (including phenoxy) is 1. The molecule has 2 unspecified atom stereocenters. The van der Waals surface area contributed by atoms with Gasteiger partial charge in [-0.3, -0.25) is 4.79 Å². The average Bonchev–Trinajstić information content (AvgIpc) is 2.28. The van der Waals surface area contributed by atoms with E-state index in [1.165, 1.54) is 7.11 Å². The number of rotatable bonds is 5. The maximum absolute atomic E-state index is 13.6. The van der Waals surface area contributed by atoms with Crippen LogP contribution in [-0.2, 0) is 4.79 Å². The Labute approximate surface area is 92.8 Å². The van der Waals surface area contributed by atoms with Crippen LogP contribution in [0.25, 0.3) is 0 Å². The maximum atomic E-state index is 13.6. The first-order chi connectivity index (χ1) is 7.54. The molecule has 88 valence electrons. The van der Waals surface area contributed by atoms with E-state index in [9.17, 15) is 9.18 Å². The first-order valence-electron chi connectivity index (χ1n) is 4.81. The van der Waals surface area contributed by atoms with E-state index in [1.807, 2.05) is 0 Å². The minimum atomic E-state index is -1.38. The molecule has 0 saturated heterocycles. The van der Waals surface area contributed by atoms with Gasteiger partial charge in [-0.1, -0.05) is 12.1 Å². The van der Waals surface area contributed by atoms with Gasteiger partial charge in [-0.2, -0.15) is 0 Å². The molecule has 0 heterocycles. The summed E-state index contributed by atoms with van der Waals surface area (Å²) in [7, 11) is 1.52. The molecule has 5 heteroatoms. The summed E-state index contributed by atoms with van der Waals surface area (Å²) in [6.45, 7) is 0. The number of halogens is 1.